The predicted octanol–water partition coefficient (Wildman–Crippen LogP) is 2.47. The summed E-state index contributed by atoms with van der Waals surface area (Å²) in [6.45, 7) is 6.96. The largest absolute Gasteiger partial charge is 0.371 e. The van der Waals surface area contributed by atoms with Gasteiger partial charge in [-0.2, -0.15) is 4.31 Å². The first-order valence-electron chi connectivity index (χ1n) is 10.6. The van der Waals surface area contributed by atoms with Crippen molar-refractivity contribution in [2.24, 2.45) is 5.92 Å². The van der Waals surface area contributed by atoms with Crippen LogP contribution >= 0.6 is 0 Å². The molecule has 4 rings (SSSR count). The minimum Gasteiger partial charge on any atom is -0.371 e. The van der Waals surface area contributed by atoms with E-state index < -0.39 is 10.0 Å². The van der Waals surface area contributed by atoms with E-state index in [1.54, 1.807) is 42.7 Å². The van der Waals surface area contributed by atoms with Gasteiger partial charge in [-0.25, -0.2) is 8.42 Å². The van der Waals surface area contributed by atoms with Crippen LogP contribution in [0, 0.1) is 5.92 Å². The first-order chi connectivity index (χ1) is 15.0. The fraction of sp³-hybridized carbons (Fsp3) is 0.391. The van der Waals surface area contributed by atoms with E-state index in [-0.39, 0.29) is 17.3 Å². The molecule has 31 heavy (non-hydrogen) atoms. The number of hydrogen-bond donors (Lipinski definition) is 0. The van der Waals surface area contributed by atoms with Crippen molar-refractivity contribution < 1.29 is 13.2 Å². The van der Waals surface area contributed by atoms with Crippen LogP contribution in [0.5, 0.6) is 0 Å². The molecule has 2 saturated heterocycles. The van der Waals surface area contributed by atoms with E-state index in [2.05, 4.69) is 16.5 Å². The van der Waals surface area contributed by atoms with Gasteiger partial charge in [0.1, 0.15) is 0 Å². The molecule has 0 N–H and O–H groups in total. The molecule has 8 heteroatoms. The third-order valence-corrected chi connectivity index (χ3v) is 8.02. The zero-order chi connectivity index (χ0) is 21.8. The summed E-state index contributed by atoms with van der Waals surface area (Å²) in [5.41, 5.74) is 2.04. The third-order valence-electron chi connectivity index (χ3n) is 6.16. The Bertz CT molecular complexity index is 1020. The monoisotopic (exact) mass is 440 g/mol. The van der Waals surface area contributed by atoms with Crippen molar-refractivity contribution in [1.29, 1.82) is 0 Å². The Morgan fingerprint density at radius 3 is 2.29 bits per heavy atom. The number of carbonyl (C=O) groups excluding carboxylic acids is 1. The summed E-state index contributed by atoms with van der Waals surface area (Å²) in [5.74, 6) is 0.325. The first kappa shape index (κ1) is 21.5. The van der Waals surface area contributed by atoms with Gasteiger partial charge in [0, 0.05) is 50.8 Å². The van der Waals surface area contributed by atoms with E-state index in [0.29, 0.717) is 25.6 Å². The fourth-order valence-electron chi connectivity index (χ4n) is 4.25. The Balaban J connectivity index is 1.31. The van der Waals surface area contributed by atoms with Gasteiger partial charge >= 0.3 is 0 Å². The maximum Gasteiger partial charge on any atom is 0.243 e. The van der Waals surface area contributed by atoms with Gasteiger partial charge in [-0.05, 0) is 48.6 Å². The van der Waals surface area contributed by atoms with E-state index in [1.165, 1.54) is 9.99 Å². The molecule has 1 aromatic carbocycles. The zero-order valence-corrected chi connectivity index (χ0v) is 18.4. The van der Waals surface area contributed by atoms with Crippen molar-refractivity contribution >= 4 is 27.7 Å². The Labute approximate surface area is 184 Å². The highest BCUT2D eigenvalue weighted by atomic mass is 32.2. The van der Waals surface area contributed by atoms with Crippen molar-refractivity contribution in [1.82, 2.24) is 14.2 Å². The van der Waals surface area contributed by atoms with E-state index in [1.807, 2.05) is 17.0 Å². The van der Waals surface area contributed by atoms with E-state index in [4.69, 9.17) is 0 Å². The number of pyridine rings is 1. The number of aromatic nitrogens is 1. The number of sulfonamides is 1. The summed E-state index contributed by atoms with van der Waals surface area (Å²) in [4.78, 5) is 21.2. The van der Waals surface area contributed by atoms with Crippen LogP contribution in [0.25, 0.3) is 6.08 Å². The number of carbonyl (C=O) groups is 1. The number of anilines is 1. The molecule has 1 amide bonds. The van der Waals surface area contributed by atoms with Crippen LogP contribution in [0.4, 0.5) is 5.69 Å². The maximum atomic E-state index is 12.9. The molecule has 164 valence electrons. The molecule has 0 aliphatic carbocycles. The molecule has 0 saturated carbocycles. The molecular formula is C23H28N4O3S. The lowest BCUT2D eigenvalue weighted by atomic mass is 9.95. The predicted molar refractivity (Wildman–Crippen MR) is 121 cm³/mol. The van der Waals surface area contributed by atoms with Gasteiger partial charge in [0.15, 0.2) is 0 Å². The average molecular weight is 441 g/mol. The molecule has 0 spiro atoms. The smallest absolute Gasteiger partial charge is 0.243 e. The standard InChI is InChI=1S/C23H28N4O3S/c1-2-19-3-5-22(6-4-19)31(29,30)27-16-15-26(23(28)18-27)17-20-9-13-25(14-10-20)21-7-11-24-12-8-21/h2-8,11-12,20H,1,9-10,13-18H2. The van der Waals surface area contributed by atoms with Gasteiger partial charge in [-0.15, -0.1) is 0 Å². The molecule has 2 aliphatic heterocycles. The molecule has 0 unspecified atom stereocenters. The van der Waals surface area contributed by atoms with E-state index >= 15 is 0 Å². The van der Waals surface area contributed by atoms with Gasteiger partial charge in [0.2, 0.25) is 15.9 Å². The highest BCUT2D eigenvalue weighted by Gasteiger charge is 2.34. The molecule has 7 nitrogen and oxygen atoms in total. The molecule has 2 aliphatic rings. The lowest BCUT2D eigenvalue weighted by Gasteiger charge is -2.38. The zero-order valence-electron chi connectivity index (χ0n) is 17.6. The average Bonchev–Trinajstić information content (AvgIpc) is 2.81. The number of piperazine rings is 1. The van der Waals surface area contributed by atoms with Crippen LogP contribution in [0.1, 0.15) is 18.4 Å². The summed E-state index contributed by atoms with van der Waals surface area (Å²) < 4.78 is 27.1. The summed E-state index contributed by atoms with van der Waals surface area (Å²) in [6, 6.07) is 10.6. The van der Waals surface area contributed by atoms with E-state index in [0.717, 1.165) is 31.5 Å². The Kier molecular flexibility index (Phi) is 6.38. The van der Waals surface area contributed by atoms with Crippen molar-refractivity contribution in [3.05, 3.63) is 60.9 Å². The van der Waals surface area contributed by atoms with Crippen LogP contribution in [0.3, 0.4) is 0 Å². The lowest BCUT2D eigenvalue weighted by molar-refractivity contribution is -0.134. The van der Waals surface area contributed by atoms with Crippen LogP contribution < -0.4 is 4.90 Å². The Morgan fingerprint density at radius 2 is 1.68 bits per heavy atom. The topological polar surface area (TPSA) is 73.8 Å². The summed E-state index contributed by atoms with van der Waals surface area (Å²) >= 11 is 0. The SMILES string of the molecule is C=Cc1ccc(S(=O)(=O)N2CCN(CC3CCN(c4ccncc4)CC3)C(=O)C2)cc1. The summed E-state index contributed by atoms with van der Waals surface area (Å²) in [7, 11) is -3.67. The van der Waals surface area contributed by atoms with E-state index in [9.17, 15) is 13.2 Å². The van der Waals surface area contributed by atoms with Gasteiger partial charge < -0.3 is 9.80 Å². The Morgan fingerprint density at radius 1 is 1.00 bits per heavy atom. The number of piperidine rings is 1. The highest BCUT2D eigenvalue weighted by Crippen LogP contribution is 2.25. The summed E-state index contributed by atoms with van der Waals surface area (Å²) in [5, 5.41) is 0. The second-order valence-corrected chi connectivity index (χ2v) is 10.0. The van der Waals surface area contributed by atoms with Gasteiger partial charge in [-0.1, -0.05) is 24.8 Å². The van der Waals surface area contributed by atoms with Crippen molar-refractivity contribution in [3.8, 4) is 0 Å². The second-order valence-electron chi connectivity index (χ2n) is 8.09. The van der Waals surface area contributed by atoms with Crippen molar-refractivity contribution in [2.75, 3.05) is 44.2 Å². The lowest BCUT2D eigenvalue weighted by Crippen LogP contribution is -2.53. The van der Waals surface area contributed by atoms with Gasteiger partial charge in [0.25, 0.3) is 0 Å². The molecule has 3 heterocycles. The minimum atomic E-state index is -3.67. The number of rotatable bonds is 6. The molecule has 1 aromatic heterocycles. The van der Waals surface area contributed by atoms with Crippen LogP contribution in [-0.2, 0) is 14.8 Å². The van der Waals surface area contributed by atoms with Gasteiger partial charge in [0.05, 0.1) is 11.4 Å². The maximum absolute atomic E-state index is 12.9. The molecule has 0 bridgehead atoms. The Hall–Kier alpha value is -2.71. The van der Waals surface area contributed by atoms with Crippen LogP contribution in [0.15, 0.2) is 60.3 Å². The van der Waals surface area contributed by atoms with Gasteiger partial charge in [-0.3, -0.25) is 9.78 Å². The number of nitrogens with zero attached hydrogens (tertiary/aromatic N) is 4. The van der Waals surface area contributed by atoms with Crippen LogP contribution in [0.2, 0.25) is 0 Å². The third kappa shape index (κ3) is 4.80. The number of hydrogen-bond acceptors (Lipinski definition) is 5. The number of amides is 1. The molecular weight excluding hydrogens is 412 g/mol. The van der Waals surface area contributed by atoms with Crippen molar-refractivity contribution in [3.63, 3.8) is 0 Å². The quantitative estimate of drug-likeness (QED) is 0.690. The first-order valence-corrected chi connectivity index (χ1v) is 12.1. The number of benzene rings is 1. The normalized spacial score (nSPS) is 18.9. The molecule has 0 atom stereocenters. The van der Waals surface area contributed by atoms with Crippen molar-refractivity contribution in [2.45, 2.75) is 17.7 Å². The van der Waals surface area contributed by atoms with Crippen LogP contribution in [-0.4, -0.2) is 67.8 Å². The highest BCUT2D eigenvalue weighted by molar-refractivity contribution is 7.89. The molecule has 0 radical (unpaired) electrons. The second kappa shape index (κ2) is 9.20. The fourth-order valence-corrected chi connectivity index (χ4v) is 5.63. The minimum absolute atomic E-state index is 0.0958. The summed E-state index contributed by atoms with van der Waals surface area (Å²) in [6.07, 6.45) is 7.32. The molecule has 2 aromatic rings. The molecule has 2 fully saturated rings.